The van der Waals surface area contributed by atoms with Crippen molar-refractivity contribution in [2.24, 2.45) is 16.8 Å². The summed E-state index contributed by atoms with van der Waals surface area (Å²) in [6, 6.07) is 3.55. The Morgan fingerprint density at radius 1 is 1.36 bits per heavy atom. The van der Waals surface area contributed by atoms with Crippen molar-refractivity contribution in [2.75, 3.05) is 39.3 Å². The van der Waals surface area contributed by atoms with Crippen LogP contribution in [-0.4, -0.2) is 55.2 Å². The number of nitrogens with zero attached hydrogens (tertiary/aromatic N) is 2. The van der Waals surface area contributed by atoms with Gasteiger partial charge in [0.1, 0.15) is 11.4 Å². The Morgan fingerprint density at radius 3 is 2.68 bits per heavy atom. The van der Waals surface area contributed by atoms with E-state index in [1.807, 2.05) is 6.92 Å². The Bertz CT molecular complexity index is 518. The van der Waals surface area contributed by atoms with Crippen molar-refractivity contribution >= 4 is 5.96 Å². The summed E-state index contributed by atoms with van der Waals surface area (Å²) in [5.41, 5.74) is -1.11. The first-order valence-electron chi connectivity index (χ1n) is 9.41. The predicted octanol–water partition coefficient (Wildman–Crippen LogP) is 2.02. The number of piperidine rings is 1. The number of nitrogens with one attached hydrogen (secondary N) is 2. The minimum Gasteiger partial charge on any atom is -0.466 e. The van der Waals surface area contributed by atoms with E-state index in [-0.39, 0.29) is 6.54 Å². The molecule has 0 radical (unpaired) electrons. The van der Waals surface area contributed by atoms with Crippen molar-refractivity contribution in [3.8, 4) is 0 Å². The van der Waals surface area contributed by atoms with Crippen LogP contribution in [-0.2, 0) is 5.60 Å². The molecule has 1 aromatic heterocycles. The topological polar surface area (TPSA) is 73.0 Å². The van der Waals surface area contributed by atoms with Crippen LogP contribution in [0.4, 0.5) is 0 Å². The Morgan fingerprint density at radius 2 is 2.08 bits per heavy atom. The zero-order valence-electron chi connectivity index (χ0n) is 16.1. The number of rotatable bonds is 7. The number of likely N-dealkylation sites (tertiary alicyclic amines) is 1. The highest BCUT2D eigenvalue weighted by Gasteiger charge is 2.26. The lowest BCUT2D eigenvalue weighted by molar-refractivity contribution is 0.0437. The fourth-order valence-electron chi connectivity index (χ4n) is 3.54. The van der Waals surface area contributed by atoms with Crippen molar-refractivity contribution in [3.63, 3.8) is 0 Å². The van der Waals surface area contributed by atoms with E-state index in [1.165, 1.54) is 19.5 Å². The first-order chi connectivity index (χ1) is 11.9. The van der Waals surface area contributed by atoms with E-state index in [0.29, 0.717) is 5.76 Å². The van der Waals surface area contributed by atoms with E-state index < -0.39 is 5.60 Å². The maximum atomic E-state index is 10.5. The average molecular weight is 351 g/mol. The highest BCUT2D eigenvalue weighted by atomic mass is 16.4. The summed E-state index contributed by atoms with van der Waals surface area (Å²) in [5.74, 6) is 2.80. The van der Waals surface area contributed by atoms with E-state index >= 15 is 0 Å². The van der Waals surface area contributed by atoms with Gasteiger partial charge in [-0.3, -0.25) is 0 Å². The van der Waals surface area contributed by atoms with Crippen LogP contribution in [0, 0.1) is 11.8 Å². The van der Waals surface area contributed by atoms with Gasteiger partial charge in [0.15, 0.2) is 5.96 Å². The van der Waals surface area contributed by atoms with Crippen molar-refractivity contribution in [2.45, 2.75) is 39.7 Å². The molecule has 1 aliphatic rings. The molecule has 1 aliphatic heterocycles. The maximum absolute atomic E-state index is 10.5. The SMILES string of the molecule is CCNC(=NCC(C)(O)c1ccco1)NCCN1CC(C)CC(C)C1. The Labute approximate surface area is 151 Å². The Hall–Kier alpha value is -1.53. The molecule has 0 aromatic carbocycles. The Balaban J connectivity index is 1.83. The minimum atomic E-state index is -1.11. The summed E-state index contributed by atoms with van der Waals surface area (Å²) in [7, 11) is 0. The van der Waals surface area contributed by atoms with Crippen LogP contribution in [0.25, 0.3) is 0 Å². The summed E-state index contributed by atoms with van der Waals surface area (Å²) in [6.07, 6.45) is 2.90. The van der Waals surface area contributed by atoms with E-state index in [1.54, 1.807) is 25.3 Å². The molecule has 3 unspecified atom stereocenters. The lowest BCUT2D eigenvalue weighted by atomic mass is 9.92. The van der Waals surface area contributed by atoms with Gasteiger partial charge in [-0.15, -0.1) is 0 Å². The molecular weight excluding hydrogens is 316 g/mol. The van der Waals surface area contributed by atoms with Gasteiger partial charge in [0, 0.05) is 32.7 Å². The molecule has 25 heavy (non-hydrogen) atoms. The van der Waals surface area contributed by atoms with Crippen LogP contribution in [0.2, 0.25) is 0 Å². The predicted molar refractivity (Wildman–Crippen MR) is 102 cm³/mol. The minimum absolute atomic E-state index is 0.244. The van der Waals surface area contributed by atoms with Crippen molar-refractivity contribution in [1.29, 1.82) is 0 Å². The smallest absolute Gasteiger partial charge is 0.191 e. The highest BCUT2D eigenvalue weighted by Crippen LogP contribution is 2.21. The van der Waals surface area contributed by atoms with Gasteiger partial charge >= 0.3 is 0 Å². The second kappa shape index (κ2) is 9.25. The second-order valence-electron chi connectivity index (χ2n) is 7.58. The molecular formula is C19H34N4O2. The number of furan rings is 1. The summed E-state index contributed by atoms with van der Waals surface area (Å²) in [6.45, 7) is 13.6. The van der Waals surface area contributed by atoms with E-state index in [2.05, 4.69) is 34.4 Å². The summed E-state index contributed by atoms with van der Waals surface area (Å²) in [4.78, 5) is 7.04. The molecule has 0 aliphatic carbocycles. The maximum Gasteiger partial charge on any atom is 0.191 e. The van der Waals surface area contributed by atoms with Gasteiger partial charge in [0.2, 0.25) is 0 Å². The molecule has 3 N–H and O–H groups in total. The third kappa shape index (κ3) is 6.36. The van der Waals surface area contributed by atoms with Gasteiger partial charge < -0.3 is 25.1 Å². The zero-order valence-corrected chi connectivity index (χ0v) is 16.1. The van der Waals surface area contributed by atoms with Gasteiger partial charge in [-0.05, 0) is 44.2 Å². The van der Waals surface area contributed by atoms with E-state index in [4.69, 9.17) is 4.42 Å². The van der Waals surface area contributed by atoms with Crippen LogP contribution in [0.15, 0.2) is 27.8 Å². The lowest BCUT2D eigenvalue weighted by Crippen LogP contribution is -2.45. The molecule has 0 saturated carbocycles. The van der Waals surface area contributed by atoms with Gasteiger partial charge in [-0.2, -0.15) is 0 Å². The molecule has 142 valence electrons. The molecule has 6 nitrogen and oxygen atoms in total. The van der Waals surface area contributed by atoms with Crippen LogP contribution in [0.5, 0.6) is 0 Å². The van der Waals surface area contributed by atoms with Crippen LogP contribution in [0.3, 0.4) is 0 Å². The van der Waals surface area contributed by atoms with Crippen LogP contribution >= 0.6 is 0 Å². The molecule has 2 rings (SSSR count). The fraction of sp³-hybridized carbons (Fsp3) is 0.737. The van der Waals surface area contributed by atoms with Crippen molar-refractivity contribution in [1.82, 2.24) is 15.5 Å². The third-order valence-electron chi connectivity index (χ3n) is 4.61. The summed E-state index contributed by atoms with van der Waals surface area (Å²) in [5, 5.41) is 17.1. The lowest BCUT2D eigenvalue weighted by Gasteiger charge is -2.35. The molecule has 1 aromatic rings. The largest absolute Gasteiger partial charge is 0.466 e. The van der Waals surface area contributed by atoms with Crippen molar-refractivity contribution < 1.29 is 9.52 Å². The number of hydrogen-bond acceptors (Lipinski definition) is 4. The van der Waals surface area contributed by atoms with Gasteiger partial charge in [-0.25, -0.2) is 4.99 Å². The van der Waals surface area contributed by atoms with E-state index in [9.17, 15) is 5.11 Å². The average Bonchev–Trinajstić information content (AvgIpc) is 3.07. The number of aliphatic imine (C=N–C) groups is 1. The van der Waals surface area contributed by atoms with Crippen LogP contribution in [0.1, 0.15) is 39.9 Å². The van der Waals surface area contributed by atoms with E-state index in [0.717, 1.165) is 37.4 Å². The summed E-state index contributed by atoms with van der Waals surface area (Å²) < 4.78 is 5.30. The Kier molecular flexibility index (Phi) is 7.32. The van der Waals surface area contributed by atoms with Gasteiger partial charge in [-0.1, -0.05) is 13.8 Å². The van der Waals surface area contributed by atoms with Gasteiger partial charge in [0.05, 0.1) is 12.8 Å². The highest BCUT2D eigenvalue weighted by molar-refractivity contribution is 5.79. The van der Waals surface area contributed by atoms with Gasteiger partial charge in [0.25, 0.3) is 0 Å². The molecule has 1 fully saturated rings. The first kappa shape index (κ1) is 19.8. The van der Waals surface area contributed by atoms with Crippen molar-refractivity contribution in [3.05, 3.63) is 24.2 Å². The molecule has 0 bridgehead atoms. The molecule has 6 heteroatoms. The molecule has 2 heterocycles. The third-order valence-corrected chi connectivity index (χ3v) is 4.61. The number of aliphatic hydroxyl groups is 1. The first-order valence-corrected chi connectivity index (χ1v) is 9.41. The second-order valence-corrected chi connectivity index (χ2v) is 7.58. The molecule has 0 amide bonds. The fourth-order valence-corrected chi connectivity index (χ4v) is 3.54. The molecule has 3 atom stereocenters. The standard InChI is InChI=1S/C19H34N4O2/c1-5-20-18(22-14-19(4,24)17-7-6-10-25-17)21-8-9-23-12-15(2)11-16(3)13-23/h6-7,10,15-16,24H,5,8-9,11-14H2,1-4H3,(H2,20,21,22). The quantitative estimate of drug-likeness (QED) is 0.518. The normalized spacial score (nSPS) is 24.8. The number of hydrogen-bond donors (Lipinski definition) is 3. The number of guanidine groups is 1. The summed E-state index contributed by atoms with van der Waals surface area (Å²) >= 11 is 0. The molecule has 1 saturated heterocycles. The van der Waals surface area contributed by atoms with Crippen LogP contribution < -0.4 is 10.6 Å². The molecule has 0 spiro atoms. The monoisotopic (exact) mass is 350 g/mol. The zero-order chi connectivity index (χ0) is 18.3.